The molecule has 0 aromatic rings. The van der Waals surface area contributed by atoms with E-state index in [1.165, 1.54) is 0 Å². The van der Waals surface area contributed by atoms with Crippen molar-refractivity contribution in [1.29, 1.82) is 0 Å². The first-order valence-corrected chi connectivity index (χ1v) is 3.06. The van der Waals surface area contributed by atoms with Crippen molar-refractivity contribution in [3.63, 3.8) is 0 Å². The smallest absolute Gasteiger partial charge is 0.100 e. The van der Waals surface area contributed by atoms with E-state index in [0.717, 1.165) is 6.42 Å². The number of hydrogen-bond donors (Lipinski definition) is 3. The van der Waals surface area contributed by atoms with Gasteiger partial charge >= 0.3 is 0 Å². The first-order chi connectivity index (χ1) is 4.72. The van der Waals surface area contributed by atoms with Gasteiger partial charge in [-0.15, -0.1) is 12.3 Å². The third-order valence-electron chi connectivity index (χ3n) is 0.626. The van der Waals surface area contributed by atoms with Crippen LogP contribution < -0.4 is 0 Å². The van der Waals surface area contributed by atoms with Gasteiger partial charge in [0.25, 0.3) is 0 Å². The molecule has 0 saturated carbocycles. The topological polar surface area (TPSA) is 60.7 Å². The zero-order valence-corrected chi connectivity index (χ0v) is 6.12. The second-order valence-corrected chi connectivity index (χ2v) is 1.58. The van der Waals surface area contributed by atoms with Crippen molar-refractivity contribution in [2.24, 2.45) is 0 Å². The van der Waals surface area contributed by atoms with Gasteiger partial charge in [0, 0.05) is 6.42 Å². The number of aliphatic hydroxyl groups excluding tert-OH is 3. The molecule has 3 nitrogen and oxygen atoms in total. The van der Waals surface area contributed by atoms with Crippen LogP contribution in [0.1, 0.15) is 13.3 Å². The molecule has 0 heterocycles. The molecule has 0 unspecified atom stereocenters. The first kappa shape index (κ1) is 12.1. The third kappa shape index (κ3) is 15.7. The van der Waals surface area contributed by atoms with E-state index in [1.54, 1.807) is 0 Å². The van der Waals surface area contributed by atoms with Gasteiger partial charge in [0.2, 0.25) is 0 Å². The fourth-order valence-electron chi connectivity index (χ4n) is 0.0577. The summed E-state index contributed by atoms with van der Waals surface area (Å²) in [5, 5.41) is 24.0. The number of rotatable bonds is 2. The van der Waals surface area contributed by atoms with Crippen LogP contribution in [0, 0.1) is 12.3 Å². The highest BCUT2D eigenvalue weighted by Gasteiger charge is 1.93. The summed E-state index contributed by atoms with van der Waals surface area (Å²) < 4.78 is 0. The van der Waals surface area contributed by atoms with Crippen LogP contribution in [0.4, 0.5) is 0 Å². The summed E-state index contributed by atoms with van der Waals surface area (Å²) >= 11 is 0. The Hall–Kier alpha value is -0.560. The molecule has 3 heteroatoms. The largest absolute Gasteiger partial charge is 0.394 e. The zero-order valence-electron chi connectivity index (χ0n) is 6.12. The predicted octanol–water partition coefficient (Wildman–Crippen LogP) is -0.639. The quantitative estimate of drug-likeness (QED) is 0.454. The van der Waals surface area contributed by atoms with Gasteiger partial charge in [-0.3, -0.25) is 0 Å². The number of hydrogen-bond acceptors (Lipinski definition) is 3. The average Bonchev–Trinajstić information content (AvgIpc) is 2.03. The lowest BCUT2D eigenvalue weighted by molar-refractivity contribution is 0.0450. The Balaban J connectivity index is 0. The molecule has 0 aliphatic heterocycles. The third-order valence-corrected chi connectivity index (χ3v) is 0.626. The summed E-state index contributed by atoms with van der Waals surface area (Å²) in [4.78, 5) is 0. The number of terminal acetylenes is 1. The Morgan fingerprint density at radius 2 is 1.70 bits per heavy atom. The highest BCUT2D eigenvalue weighted by atomic mass is 16.3. The van der Waals surface area contributed by atoms with Crippen molar-refractivity contribution >= 4 is 0 Å². The minimum absolute atomic E-state index is 0.365. The zero-order chi connectivity index (χ0) is 8.41. The minimum Gasteiger partial charge on any atom is -0.394 e. The summed E-state index contributed by atoms with van der Waals surface area (Å²) in [5.74, 6) is 2.43. The van der Waals surface area contributed by atoms with E-state index in [9.17, 15) is 0 Å². The van der Waals surface area contributed by atoms with Crippen LogP contribution in [0.15, 0.2) is 0 Å². The van der Waals surface area contributed by atoms with Gasteiger partial charge in [-0.1, -0.05) is 6.92 Å². The maximum atomic E-state index is 8.17. The number of aliphatic hydroxyl groups is 3. The van der Waals surface area contributed by atoms with Crippen LogP contribution in [0.2, 0.25) is 0 Å². The summed E-state index contributed by atoms with van der Waals surface area (Å²) in [6.07, 6.45) is 4.67. The molecule has 0 fully saturated rings. The van der Waals surface area contributed by atoms with E-state index < -0.39 is 6.10 Å². The predicted molar refractivity (Wildman–Crippen MR) is 39.3 cm³/mol. The molecule has 3 N–H and O–H groups in total. The normalized spacial score (nSPS) is 8.00. The molecule has 0 radical (unpaired) electrons. The second-order valence-electron chi connectivity index (χ2n) is 1.58. The lowest BCUT2D eigenvalue weighted by Gasteiger charge is -1.96. The van der Waals surface area contributed by atoms with Gasteiger partial charge in [-0.05, 0) is 0 Å². The minimum atomic E-state index is -0.954. The average molecular weight is 146 g/mol. The van der Waals surface area contributed by atoms with Crippen LogP contribution >= 0.6 is 0 Å². The van der Waals surface area contributed by atoms with Crippen molar-refractivity contribution < 1.29 is 15.3 Å². The van der Waals surface area contributed by atoms with Crippen LogP contribution in [-0.4, -0.2) is 34.6 Å². The maximum Gasteiger partial charge on any atom is 0.100 e. The lowest BCUT2D eigenvalue weighted by atomic mass is 10.4. The molecule has 0 rings (SSSR count). The van der Waals surface area contributed by atoms with Gasteiger partial charge in [-0.2, -0.15) is 0 Å². The first-order valence-electron chi connectivity index (χ1n) is 3.06. The van der Waals surface area contributed by atoms with Crippen molar-refractivity contribution in [3.05, 3.63) is 0 Å². The molecular weight excluding hydrogens is 132 g/mol. The molecule has 0 aliphatic rings. The molecule has 0 bridgehead atoms. The monoisotopic (exact) mass is 146 g/mol. The molecule has 0 aromatic carbocycles. The fourth-order valence-corrected chi connectivity index (χ4v) is 0.0577. The molecule has 0 atom stereocenters. The van der Waals surface area contributed by atoms with E-state index in [2.05, 4.69) is 5.92 Å². The van der Waals surface area contributed by atoms with Crippen LogP contribution in [0.25, 0.3) is 0 Å². The van der Waals surface area contributed by atoms with E-state index in [0.29, 0.717) is 0 Å². The van der Waals surface area contributed by atoms with Crippen LogP contribution in [-0.2, 0) is 0 Å². The molecular formula is C7H14O3. The van der Waals surface area contributed by atoms with Gasteiger partial charge in [0.05, 0.1) is 13.2 Å². The van der Waals surface area contributed by atoms with Crippen molar-refractivity contribution in [2.45, 2.75) is 19.4 Å². The van der Waals surface area contributed by atoms with Gasteiger partial charge in [-0.25, -0.2) is 0 Å². The Morgan fingerprint density at radius 1 is 1.40 bits per heavy atom. The summed E-state index contributed by atoms with van der Waals surface area (Å²) in [7, 11) is 0. The maximum absolute atomic E-state index is 8.17. The standard InChI is InChI=1S/C4H6.C3H8O3/c1-3-4-2;4-1-3(6)2-5/h1H,4H2,2H3;3-6H,1-2H2. The van der Waals surface area contributed by atoms with Crippen molar-refractivity contribution in [2.75, 3.05) is 13.2 Å². The van der Waals surface area contributed by atoms with E-state index in [1.807, 2.05) is 6.92 Å². The summed E-state index contributed by atoms with van der Waals surface area (Å²) in [6, 6.07) is 0. The van der Waals surface area contributed by atoms with Gasteiger partial charge in [0.15, 0.2) is 0 Å². The molecule has 0 amide bonds. The molecule has 60 valence electrons. The molecule has 0 saturated heterocycles. The molecule has 0 aliphatic carbocycles. The van der Waals surface area contributed by atoms with E-state index in [4.69, 9.17) is 21.7 Å². The van der Waals surface area contributed by atoms with Gasteiger partial charge < -0.3 is 15.3 Å². The van der Waals surface area contributed by atoms with Crippen LogP contribution in [0.3, 0.4) is 0 Å². The second kappa shape index (κ2) is 11.3. The fraction of sp³-hybridized carbons (Fsp3) is 0.714. The highest BCUT2D eigenvalue weighted by Crippen LogP contribution is 1.71. The van der Waals surface area contributed by atoms with Crippen molar-refractivity contribution in [3.8, 4) is 12.3 Å². The highest BCUT2D eigenvalue weighted by molar-refractivity contribution is 4.80. The molecule has 0 spiro atoms. The Labute approximate surface area is 61.3 Å². The SMILES string of the molecule is C#CCC.OCC(O)CO. The Morgan fingerprint density at radius 3 is 1.70 bits per heavy atom. The summed E-state index contributed by atoms with van der Waals surface area (Å²) in [5.41, 5.74) is 0. The van der Waals surface area contributed by atoms with Crippen molar-refractivity contribution in [1.82, 2.24) is 0 Å². The van der Waals surface area contributed by atoms with Gasteiger partial charge in [0.1, 0.15) is 6.10 Å². The molecule has 0 aromatic heterocycles. The van der Waals surface area contributed by atoms with E-state index in [-0.39, 0.29) is 13.2 Å². The van der Waals surface area contributed by atoms with Crippen LogP contribution in [0.5, 0.6) is 0 Å². The van der Waals surface area contributed by atoms with E-state index >= 15 is 0 Å². The summed E-state index contributed by atoms with van der Waals surface area (Å²) in [6.45, 7) is 1.22. The Kier molecular flexibility index (Phi) is 13.7. The molecule has 10 heavy (non-hydrogen) atoms. The lowest BCUT2D eigenvalue weighted by Crippen LogP contribution is -2.15. The Bertz CT molecular complexity index is 81.3.